The Hall–Kier alpha value is -2.04. The molecule has 0 heterocycles. The van der Waals surface area contributed by atoms with Gasteiger partial charge in [0.25, 0.3) is 0 Å². The fourth-order valence-corrected chi connectivity index (χ4v) is 2.60. The molecule has 0 unspecified atom stereocenters. The van der Waals surface area contributed by atoms with Crippen molar-refractivity contribution in [3.8, 4) is 5.75 Å². The fourth-order valence-electron chi connectivity index (χ4n) is 2.60. The minimum atomic E-state index is -0.908. The topological polar surface area (TPSA) is 61.8 Å². The van der Waals surface area contributed by atoms with Crippen molar-refractivity contribution in [1.29, 1.82) is 0 Å². The van der Waals surface area contributed by atoms with Crippen LogP contribution in [-0.4, -0.2) is 32.3 Å². The maximum Gasteiger partial charge on any atom is 0.317 e. The number of esters is 2. The number of benzene rings is 1. The molecule has 2 atom stereocenters. The third-order valence-corrected chi connectivity index (χ3v) is 3.78. The Morgan fingerprint density at radius 1 is 1.14 bits per heavy atom. The molecular formula is C16H20O5. The third kappa shape index (κ3) is 2.73. The Balaban J connectivity index is 2.29. The molecule has 0 amide bonds. The van der Waals surface area contributed by atoms with E-state index in [-0.39, 0.29) is 18.5 Å². The molecule has 0 saturated heterocycles. The Kier molecular flexibility index (Phi) is 4.50. The Labute approximate surface area is 124 Å². The van der Waals surface area contributed by atoms with Gasteiger partial charge >= 0.3 is 11.9 Å². The van der Waals surface area contributed by atoms with E-state index in [0.29, 0.717) is 18.8 Å². The molecule has 0 radical (unpaired) electrons. The minimum Gasteiger partial charge on any atom is -0.497 e. The zero-order chi connectivity index (χ0) is 15.5. The van der Waals surface area contributed by atoms with Crippen LogP contribution in [-0.2, 0) is 24.5 Å². The average molecular weight is 292 g/mol. The van der Waals surface area contributed by atoms with Gasteiger partial charge in [0, 0.05) is 0 Å². The molecule has 0 spiro atoms. The van der Waals surface area contributed by atoms with Crippen LogP contribution in [0.2, 0.25) is 0 Å². The van der Waals surface area contributed by atoms with Crippen LogP contribution in [0.5, 0.6) is 5.75 Å². The largest absolute Gasteiger partial charge is 0.497 e. The first-order valence-electron chi connectivity index (χ1n) is 7.08. The average Bonchev–Trinajstić information content (AvgIpc) is 3.25. The van der Waals surface area contributed by atoms with Gasteiger partial charge in [-0.2, -0.15) is 0 Å². The molecule has 0 aliphatic heterocycles. The molecule has 5 heteroatoms. The van der Waals surface area contributed by atoms with Gasteiger partial charge in [-0.15, -0.1) is 0 Å². The maximum absolute atomic E-state index is 12.3. The minimum absolute atomic E-state index is 0.284. The zero-order valence-electron chi connectivity index (χ0n) is 12.5. The van der Waals surface area contributed by atoms with E-state index in [0.717, 1.165) is 5.56 Å². The van der Waals surface area contributed by atoms with Crippen molar-refractivity contribution in [2.75, 3.05) is 20.3 Å². The van der Waals surface area contributed by atoms with E-state index in [1.165, 1.54) is 0 Å². The van der Waals surface area contributed by atoms with Gasteiger partial charge in [-0.05, 0) is 38.0 Å². The lowest BCUT2D eigenvalue weighted by molar-refractivity contribution is -0.152. The number of ether oxygens (including phenoxy) is 3. The van der Waals surface area contributed by atoms with E-state index in [2.05, 4.69) is 0 Å². The highest BCUT2D eigenvalue weighted by molar-refractivity contribution is 5.96. The highest BCUT2D eigenvalue weighted by Gasteiger charge is 2.66. The van der Waals surface area contributed by atoms with E-state index < -0.39 is 11.3 Å². The third-order valence-electron chi connectivity index (χ3n) is 3.78. The molecule has 1 aromatic rings. The fraction of sp³-hybridized carbons (Fsp3) is 0.500. The number of carbonyl (C=O) groups excluding carboxylic acids is 2. The van der Waals surface area contributed by atoms with E-state index in [1.54, 1.807) is 45.2 Å². The van der Waals surface area contributed by atoms with Crippen molar-refractivity contribution in [3.63, 3.8) is 0 Å². The van der Waals surface area contributed by atoms with Crippen LogP contribution in [0.15, 0.2) is 24.3 Å². The first-order chi connectivity index (χ1) is 10.1. The summed E-state index contributed by atoms with van der Waals surface area (Å²) in [4.78, 5) is 24.3. The van der Waals surface area contributed by atoms with E-state index in [9.17, 15) is 9.59 Å². The van der Waals surface area contributed by atoms with Crippen molar-refractivity contribution >= 4 is 11.9 Å². The Morgan fingerprint density at radius 3 is 2.29 bits per heavy atom. The van der Waals surface area contributed by atoms with Crippen molar-refractivity contribution in [3.05, 3.63) is 29.8 Å². The van der Waals surface area contributed by atoms with Gasteiger partial charge in [-0.25, -0.2) is 0 Å². The van der Waals surface area contributed by atoms with Gasteiger partial charge in [-0.3, -0.25) is 9.59 Å². The van der Waals surface area contributed by atoms with Gasteiger partial charge in [0.05, 0.1) is 26.2 Å². The van der Waals surface area contributed by atoms with Gasteiger partial charge < -0.3 is 14.2 Å². The molecule has 0 N–H and O–H groups in total. The predicted molar refractivity (Wildman–Crippen MR) is 76.0 cm³/mol. The second kappa shape index (κ2) is 6.16. The molecule has 1 aliphatic carbocycles. The molecule has 5 nitrogen and oxygen atoms in total. The van der Waals surface area contributed by atoms with Crippen LogP contribution in [0.25, 0.3) is 0 Å². The molecule has 0 aromatic heterocycles. The van der Waals surface area contributed by atoms with Gasteiger partial charge in [0.1, 0.15) is 11.2 Å². The van der Waals surface area contributed by atoms with Crippen molar-refractivity contribution in [2.24, 2.45) is 5.92 Å². The smallest absolute Gasteiger partial charge is 0.317 e. The summed E-state index contributed by atoms with van der Waals surface area (Å²) in [5.41, 5.74) is -0.144. The molecule has 2 rings (SSSR count). The summed E-state index contributed by atoms with van der Waals surface area (Å²) in [6.07, 6.45) is 0.428. The number of carbonyl (C=O) groups is 2. The Bertz CT molecular complexity index is 522. The molecule has 21 heavy (non-hydrogen) atoms. The normalized spacial score (nSPS) is 23.3. The molecule has 1 aromatic carbocycles. The first-order valence-corrected chi connectivity index (χ1v) is 7.08. The van der Waals surface area contributed by atoms with Gasteiger partial charge in [-0.1, -0.05) is 12.1 Å². The lowest BCUT2D eigenvalue weighted by Crippen LogP contribution is -2.28. The predicted octanol–water partition coefficient (Wildman–Crippen LogP) is 2.08. The zero-order valence-corrected chi connectivity index (χ0v) is 12.5. The maximum atomic E-state index is 12.3. The number of methoxy groups -OCH3 is 1. The second-order valence-electron chi connectivity index (χ2n) is 4.93. The molecule has 114 valence electrons. The molecule has 1 fully saturated rings. The van der Waals surface area contributed by atoms with Crippen molar-refractivity contribution < 1.29 is 23.8 Å². The summed E-state index contributed by atoms with van der Waals surface area (Å²) in [6.45, 7) is 4.09. The molecule has 1 saturated carbocycles. The number of hydrogen-bond acceptors (Lipinski definition) is 5. The van der Waals surface area contributed by atoms with Crippen LogP contribution in [0.1, 0.15) is 25.8 Å². The van der Waals surface area contributed by atoms with Crippen LogP contribution >= 0.6 is 0 Å². The van der Waals surface area contributed by atoms with Gasteiger partial charge in [0.2, 0.25) is 0 Å². The number of rotatable bonds is 6. The molecule has 0 bridgehead atoms. The summed E-state index contributed by atoms with van der Waals surface area (Å²) in [7, 11) is 1.58. The summed E-state index contributed by atoms with van der Waals surface area (Å²) in [6, 6.07) is 7.15. The lowest BCUT2D eigenvalue weighted by atomic mass is 9.93. The van der Waals surface area contributed by atoms with Crippen LogP contribution in [0.3, 0.4) is 0 Å². The molecular weight excluding hydrogens is 272 g/mol. The van der Waals surface area contributed by atoms with Crippen molar-refractivity contribution in [2.45, 2.75) is 25.7 Å². The Morgan fingerprint density at radius 2 is 1.76 bits per heavy atom. The highest BCUT2D eigenvalue weighted by atomic mass is 16.5. The second-order valence-corrected chi connectivity index (χ2v) is 4.93. The molecule has 1 aliphatic rings. The SMILES string of the molecule is CCOC(=O)[C@@H]1C[C@]1(C(=O)OCC)c1ccc(OC)cc1. The monoisotopic (exact) mass is 292 g/mol. The van der Waals surface area contributed by atoms with E-state index >= 15 is 0 Å². The van der Waals surface area contributed by atoms with E-state index in [1.807, 2.05) is 0 Å². The highest BCUT2D eigenvalue weighted by Crippen LogP contribution is 2.56. The van der Waals surface area contributed by atoms with Crippen LogP contribution in [0, 0.1) is 5.92 Å². The summed E-state index contributed by atoms with van der Waals surface area (Å²) in [5, 5.41) is 0. The van der Waals surface area contributed by atoms with Crippen LogP contribution < -0.4 is 4.74 Å². The van der Waals surface area contributed by atoms with Crippen molar-refractivity contribution in [1.82, 2.24) is 0 Å². The van der Waals surface area contributed by atoms with Gasteiger partial charge in [0.15, 0.2) is 0 Å². The quantitative estimate of drug-likeness (QED) is 0.751. The number of hydrogen-bond donors (Lipinski definition) is 0. The summed E-state index contributed by atoms with van der Waals surface area (Å²) < 4.78 is 15.3. The lowest BCUT2D eigenvalue weighted by Gasteiger charge is -2.16. The summed E-state index contributed by atoms with van der Waals surface area (Å²) >= 11 is 0. The van der Waals surface area contributed by atoms with Crippen LogP contribution in [0.4, 0.5) is 0 Å². The van der Waals surface area contributed by atoms with E-state index in [4.69, 9.17) is 14.2 Å². The standard InChI is InChI=1S/C16H20O5/c1-4-20-14(17)13-10-16(13,15(18)21-5-2)11-6-8-12(19-3)9-7-11/h6-9,13H,4-5,10H2,1-3H3/t13-,16-/m0/s1. The first kappa shape index (κ1) is 15.4. The summed E-state index contributed by atoms with van der Waals surface area (Å²) in [5.74, 6) is -0.481.